The average molecular weight is 343 g/mol. The van der Waals surface area contributed by atoms with Crippen LogP contribution in [-0.4, -0.2) is 23.5 Å². The first-order valence-electron chi connectivity index (χ1n) is 7.21. The van der Waals surface area contributed by atoms with E-state index in [-0.39, 0.29) is 29.2 Å². The molecule has 0 unspecified atom stereocenters. The molecule has 0 saturated carbocycles. The minimum atomic E-state index is -0.657. The molecular formula is C16H13N3O6. The Morgan fingerprint density at radius 3 is 2.56 bits per heavy atom. The van der Waals surface area contributed by atoms with Crippen molar-refractivity contribution in [2.75, 3.05) is 6.79 Å². The van der Waals surface area contributed by atoms with E-state index in [1.165, 1.54) is 37.3 Å². The number of carbonyl (C=O) groups is 2. The summed E-state index contributed by atoms with van der Waals surface area (Å²) in [6.07, 6.45) is 0. The van der Waals surface area contributed by atoms with Crippen LogP contribution in [0.25, 0.3) is 0 Å². The topological polar surface area (TPSA) is 120 Å². The molecule has 0 bridgehead atoms. The summed E-state index contributed by atoms with van der Waals surface area (Å²) in [5.41, 5.74) is 4.90. The molecule has 0 aliphatic carbocycles. The summed E-state index contributed by atoms with van der Waals surface area (Å²) in [6.45, 7) is 1.55. The molecule has 3 rings (SSSR count). The van der Waals surface area contributed by atoms with Crippen molar-refractivity contribution in [1.29, 1.82) is 0 Å². The van der Waals surface area contributed by atoms with E-state index in [1.54, 1.807) is 6.07 Å². The predicted octanol–water partition coefficient (Wildman–Crippen LogP) is 1.71. The molecule has 0 radical (unpaired) electrons. The number of hydrazine groups is 1. The lowest BCUT2D eigenvalue weighted by molar-refractivity contribution is -0.385. The lowest BCUT2D eigenvalue weighted by atomic mass is 10.1. The largest absolute Gasteiger partial charge is 0.454 e. The lowest BCUT2D eigenvalue weighted by Gasteiger charge is -2.09. The molecule has 0 spiro atoms. The van der Waals surface area contributed by atoms with Gasteiger partial charge in [0.15, 0.2) is 11.5 Å². The molecule has 0 saturated heterocycles. The summed E-state index contributed by atoms with van der Waals surface area (Å²) in [5.74, 6) is -0.244. The molecule has 2 N–H and O–H groups in total. The van der Waals surface area contributed by atoms with Crippen LogP contribution in [0.4, 0.5) is 5.69 Å². The van der Waals surface area contributed by atoms with Crippen molar-refractivity contribution in [3.63, 3.8) is 0 Å². The number of amides is 2. The zero-order valence-electron chi connectivity index (χ0n) is 13.1. The highest BCUT2D eigenvalue weighted by Gasteiger charge is 2.19. The minimum Gasteiger partial charge on any atom is -0.454 e. The van der Waals surface area contributed by atoms with E-state index >= 15 is 0 Å². The molecule has 9 heteroatoms. The number of benzene rings is 2. The molecule has 25 heavy (non-hydrogen) atoms. The summed E-state index contributed by atoms with van der Waals surface area (Å²) in [7, 11) is 0. The van der Waals surface area contributed by atoms with Crippen molar-refractivity contribution in [3.8, 4) is 11.5 Å². The number of ether oxygens (including phenoxy) is 2. The maximum absolute atomic E-state index is 12.2. The fourth-order valence-corrected chi connectivity index (χ4v) is 2.36. The molecule has 0 aromatic heterocycles. The van der Waals surface area contributed by atoms with Crippen LogP contribution >= 0.6 is 0 Å². The highest BCUT2D eigenvalue weighted by molar-refractivity contribution is 6.00. The number of hydrogen-bond donors (Lipinski definition) is 2. The Labute approximate surface area is 141 Å². The van der Waals surface area contributed by atoms with Gasteiger partial charge in [0.25, 0.3) is 17.5 Å². The molecule has 0 fully saturated rings. The Bertz CT molecular complexity index is 880. The summed E-state index contributed by atoms with van der Waals surface area (Å²) >= 11 is 0. The number of rotatable bonds is 3. The van der Waals surface area contributed by atoms with E-state index in [9.17, 15) is 19.7 Å². The zero-order chi connectivity index (χ0) is 18.0. The fourth-order valence-electron chi connectivity index (χ4n) is 2.36. The Hall–Kier alpha value is -3.62. The van der Waals surface area contributed by atoms with Gasteiger partial charge in [-0.05, 0) is 31.2 Å². The maximum atomic E-state index is 12.2. The van der Waals surface area contributed by atoms with E-state index in [0.717, 1.165) is 0 Å². The molecule has 1 aliphatic rings. The van der Waals surface area contributed by atoms with Gasteiger partial charge in [0, 0.05) is 17.2 Å². The molecule has 9 nitrogen and oxygen atoms in total. The van der Waals surface area contributed by atoms with Gasteiger partial charge < -0.3 is 9.47 Å². The molecule has 1 aliphatic heterocycles. The number of carbonyl (C=O) groups excluding carboxylic acids is 2. The predicted molar refractivity (Wildman–Crippen MR) is 85.3 cm³/mol. The summed E-state index contributed by atoms with van der Waals surface area (Å²) in [5, 5.41) is 10.9. The third kappa shape index (κ3) is 3.20. The molecule has 2 aromatic carbocycles. The molecule has 1 heterocycles. The first-order chi connectivity index (χ1) is 12.0. The Morgan fingerprint density at radius 2 is 1.80 bits per heavy atom. The second-order valence-electron chi connectivity index (χ2n) is 5.18. The number of nitrogens with one attached hydrogen (secondary N) is 2. The van der Waals surface area contributed by atoms with Gasteiger partial charge in [0.2, 0.25) is 6.79 Å². The Balaban J connectivity index is 1.69. The van der Waals surface area contributed by atoms with Crippen LogP contribution in [-0.2, 0) is 0 Å². The summed E-state index contributed by atoms with van der Waals surface area (Å²) in [6, 6.07) is 8.74. The highest BCUT2D eigenvalue weighted by Crippen LogP contribution is 2.32. The summed E-state index contributed by atoms with van der Waals surface area (Å²) < 4.78 is 10.3. The van der Waals surface area contributed by atoms with Gasteiger partial charge in [-0.3, -0.25) is 30.6 Å². The van der Waals surface area contributed by atoms with E-state index in [4.69, 9.17) is 9.47 Å². The van der Waals surface area contributed by atoms with Gasteiger partial charge in [0.1, 0.15) is 0 Å². The van der Waals surface area contributed by atoms with Crippen LogP contribution in [0.1, 0.15) is 26.3 Å². The second kappa shape index (κ2) is 6.48. The molecule has 2 amide bonds. The van der Waals surface area contributed by atoms with Gasteiger partial charge in [-0.1, -0.05) is 6.07 Å². The van der Waals surface area contributed by atoms with E-state index < -0.39 is 16.7 Å². The van der Waals surface area contributed by atoms with Crippen molar-refractivity contribution in [1.82, 2.24) is 10.9 Å². The normalized spacial score (nSPS) is 11.7. The monoisotopic (exact) mass is 343 g/mol. The van der Waals surface area contributed by atoms with Crippen molar-refractivity contribution in [3.05, 3.63) is 63.2 Å². The Morgan fingerprint density at radius 1 is 1.08 bits per heavy atom. The average Bonchev–Trinajstić information content (AvgIpc) is 3.06. The lowest BCUT2D eigenvalue weighted by Crippen LogP contribution is -2.41. The first-order valence-corrected chi connectivity index (χ1v) is 7.21. The van der Waals surface area contributed by atoms with Crippen LogP contribution in [0.5, 0.6) is 11.5 Å². The van der Waals surface area contributed by atoms with E-state index in [0.29, 0.717) is 11.5 Å². The third-order valence-corrected chi connectivity index (χ3v) is 3.67. The molecule has 0 atom stereocenters. The number of nitro benzene ring substituents is 1. The molecular weight excluding hydrogens is 330 g/mol. The van der Waals surface area contributed by atoms with Crippen LogP contribution in [0.2, 0.25) is 0 Å². The van der Waals surface area contributed by atoms with Gasteiger partial charge in [-0.15, -0.1) is 0 Å². The van der Waals surface area contributed by atoms with Crippen LogP contribution in [0.3, 0.4) is 0 Å². The van der Waals surface area contributed by atoms with Crippen molar-refractivity contribution in [2.24, 2.45) is 0 Å². The number of nitro groups is 1. The SMILES string of the molecule is Cc1c(C(=O)NNC(=O)c2ccc3c(c2)OCO3)cccc1[N+](=O)[O-]. The van der Waals surface area contributed by atoms with Crippen molar-refractivity contribution in [2.45, 2.75) is 6.92 Å². The van der Waals surface area contributed by atoms with Gasteiger partial charge in [-0.25, -0.2) is 0 Å². The molecule has 128 valence electrons. The van der Waals surface area contributed by atoms with Crippen LogP contribution < -0.4 is 20.3 Å². The summed E-state index contributed by atoms with van der Waals surface area (Å²) in [4.78, 5) is 34.6. The Kier molecular flexibility index (Phi) is 4.21. The van der Waals surface area contributed by atoms with Gasteiger partial charge in [-0.2, -0.15) is 0 Å². The first kappa shape index (κ1) is 16.2. The minimum absolute atomic E-state index is 0.0865. The van der Waals surface area contributed by atoms with Crippen molar-refractivity contribution >= 4 is 17.5 Å². The zero-order valence-corrected chi connectivity index (χ0v) is 13.1. The maximum Gasteiger partial charge on any atom is 0.273 e. The number of nitrogens with zero attached hydrogens (tertiary/aromatic N) is 1. The van der Waals surface area contributed by atoms with Crippen LogP contribution in [0, 0.1) is 17.0 Å². The van der Waals surface area contributed by atoms with Gasteiger partial charge in [0.05, 0.1) is 10.5 Å². The highest BCUT2D eigenvalue weighted by atomic mass is 16.7. The number of hydrogen-bond acceptors (Lipinski definition) is 6. The van der Waals surface area contributed by atoms with Crippen LogP contribution in [0.15, 0.2) is 36.4 Å². The quantitative estimate of drug-likeness (QED) is 0.646. The van der Waals surface area contributed by atoms with E-state index in [2.05, 4.69) is 10.9 Å². The fraction of sp³-hybridized carbons (Fsp3) is 0.125. The third-order valence-electron chi connectivity index (χ3n) is 3.67. The van der Waals surface area contributed by atoms with E-state index in [1.807, 2.05) is 0 Å². The molecule has 2 aromatic rings. The number of fused-ring (bicyclic) bond motifs is 1. The standard InChI is InChI=1S/C16H13N3O6/c1-9-11(3-2-4-12(9)19(22)23)16(21)18-17-15(20)10-5-6-13-14(7-10)25-8-24-13/h2-7H,8H2,1H3,(H,17,20)(H,18,21). The van der Waals surface area contributed by atoms with Gasteiger partial charge >= 0.3 is 0 Å². The van der Waals surface area contributed by atoms with Crippen molar-refractivity contribution < 1.29 is 24.0 Å². The smallest absolute Gasteiger partial charge is 0.273 e. The second-order valence-corrected chi connectivity index (χ2v) is 5.18.